The molecule has 4 rings (SSSR count). The fourth-order valence-corrected chi connectivity index (χ4v) is 3.30. The first-order valence-electron chi connectivity index (χ1n) is 8.36. The molecule has 0 saturated heterocycles. The summed E-state index contributed by atoms with van der Waals surface area (Å²) in [5, 5.41) is 0. The first-order chi connectivity index (χ1) is 11.7. The van der Waals surface area contributed by atoms with Crippen molar-refractivity contribution in [2.45, 2.75) is 33.4 Å². The Hall–Kier alpha value is -2.46. The van der Waals surface area contributed by atoms with Crippen LogP contribution >= 0.6 is 0 Å². The van der Waals surface area contributed by atoms with Crippen molar-refractivity contribution in [3.8, 4) is 11.6 Å². The number of hydrogen-bond donors (Lipinski definition) is 0. The van der Waals surface area contributed by atoms with Gasteiger partial charge in [-0.1, -0.05) is 23.8 Å². The number of furan rings is 1. The fourth-order valence-electron chi connectivity index (χ4n) is 3.30. The molecule has 1 aliphatic heterocycles. The van der Waals surface area contributed by atoms with Crippen LogP contribution in [0, 0.1) is 13.8 Å². The average Bonchev–Trinajstić information content (AvgIpc) is 3.11. The number of benzene rings is 1. The van der Waals surface area contributed by atoms with Crippen LogP contribution < -0.4 is 0 Å². The van der Waals surface area contributed by atoms with Gasteiger partial charge in [-0.3, -0.25) is 4.90 Å². The summed E-state index contributed by atoms with van der Waals surface area (Å²) in [7, 11) is 0. The van der Waals surface area contributed by atoms with Crippen molar-refractivity contribution >= 4 is 0 Å². The summed E-state index contributed by atoms with van der Waals surface area (Å²) < 4.78 is 5.40. The van der Waals surface area contributed by atoms with Crippen molar-refractivity contribution in [1.82, 2.24) is 14.9 Å². The van der Waals surface area contributed by atoms with Crippen molar-refractivity contribution in [2.24, 2.45) is 0 Å². The Morgan fingerprint density at radius 1 is 1.21 bits per heavy atom. The van der Waals surface area contributed by atoms with E-state index in [-0.39, 0.29) is 0 Å². The van der Waals surface area contributed by atoms with Crippen LogP contribution in [-0.2, 0) is 19.5 Å². The molecule has 1 aliphatic rings. The quantitative estimate of drug-likeness (QED) is 0.734. The predicted octanol–water partition coefficient (Wildman–Crippen LogP) is 3.91. The van der Waals surface area contributed by atoms with E-state index in [1.165, 1.54) is 22.3 Å². The van der Waals surface area contributed by atoms with Crippen molar-refractivity contribution in [3.05, 3.63) is 70.7 Å². The molecular formula is C20H21N3O. The fraction of sp³-hybridized carbons (Fsp3) is 0.300. The smallest absolute Gasteiger partial charge is 0.195 e. The van der Waals surface area contributed by atoms with Crippen molar-refractivity contribution < 1.29 is 4.42 Å². The molecule has 0 N–H and O–H groups in total. The van der Waals surface area contributed by atoms with Gasteiger partial charge in [-0.05, 0) is 37.1 Å². The highest BCUT2D eigenvalue weighted by Crippen LogP contribution is 2.23. The monoisotopic (exact) mass is 319 g/mol. The lowest BCUT2D eigenvalue weighted by Crippen LogP contribution is -2.31. The van der Waals surface area contributed by atoms with E-state index in [2.05, 4.69) is 41.9 Å². The minimum absolute atomic E-state index is 0.682. The summed E-state index contributed by atoms with van der Waals surface area (Å²) >= 11 is 0. The van der Waals surface area contributed by atoms with Crippen LogP contribution in [-0.4, -0.2) is 21.4 Å². The first-order valence-corrected chi connectivity index (χ1v) is 8.36. The van der Waals surface area contributed by atoms with Gasteiger partial charge >= 0.3 is 0 Å². The summed E-state index contributed by atoms with van der Waals surface area (Å²) in [4.78, 5) is 11.6. The topological polar surface area (TPSA) is 42.2 Å². The van der Waals surface area contributed by atoms with Crippen molar-refractivity contribution in [1.29, 1.82) is 0 Å². The molecule has 4 nitrogen and oxygen atoms in total. The zero-order valence-electron chi connectivity index (χ0n) is 14.1. The van der Waals surface area contributed by atoms with Gasteiger partial charge in [0, 0.05) is 37.8 Å². The second-order valence-corrected chi connectivity index (χ2v) is 6.53. The molecule has 0 radical (unpaired) electrons. The molecule has 1 aromatic carbocycles. The Balaban J connectivity index is 1.52. The minimum atomic E-state index is 0.682. The highest BCUT2D eigenvalue weighted by molar-refractivity contribution is 5.47. The van der Waals surface area contributed by atoms with E-state index in [0.29, 0.717) is 5.82 Å². The summed E-state index contributed by atoms with van der Waals surface area (Å²) in [6, 6.07) is 10.5. The Morgan fingerprint density at radius 3 is 2.92 bits per heavy atom. The van der Waals surface area contributed by atoms with Crippen molar-refractivity contribution in [2.75, 3.05) is 6.54 Å². The molecule has 0 aliphatic carbocycles. The van der Waals surface area contributed by atoms with Crippen LogP contribution in [0.25, 0.3) is 11.6 Å². The van der Waals surface area contributed by atoms with Crippen LogP contribution in [0.2, 0.25) is 0 Å². The normalized spacial score (nSPS) is 14.6. The van der Waals surface area contributed by atoms with Gasteiger partial charge in [0.05, 0.1) is 12.0 Å². The van der Waals surface area contributed by atoms with E-state index in [1.807, 2.05) is 18.3 Å². The lowest BCUT2D eigenvalue weighted by molar-refractivity contribution is 0.242. The molecule has 4 heteroatoms. The van der Waals surface area contributed by atoms with Gasteiger partial charge in [-0.15, -0.1) is 0 Å². The molecule has 0 fully saturated rings. The Morgan fingerprint density at radius 2 is 2.12 bits per heavy atom. The average molecular weight is 319 g/mol. The molecule has 3 aromatic rings. The predicted molar refractivity (Wildman–Crippen MR) is 93.5 cm³/mol. The van der Waals surface area contributed by atoms with Gasteiger partial charge in [0.2, 0.25) is 0 Å². The number of nitrogens with zero attached hydrogens (tertiary/aromatic N) is 3. The van der Waals surface area contributed by atoms with Gasteiger partial charge in [-0.25, -0.2) is 9.97 Å². The molecule has 0 unspecified atom stereocenters. The largest absolute Gasteiger partial charge is 0.461 e. The molecule has 24 heavy (non-hydrogen) atoms. The maximum absolute atomic E-state index is 5.40. The van der Waals surface area contributed by atoms with E-state index >= 15 is 0 Å². The summed E-state index contributed by atoms with van der Waals surface area (Å²) in [6.07, 6.45) is 4.56. The summed E-state index contributed by atoms with van der Waals surface area (Å²) in [5.41, 5.74) is 6.45. The van der Waals surface area contributed by atoms with Gasteiger partial charge in [0.25, 0.3) is 0 Å². The highest BCUT2D eigenvalue weighted by atomic mass is 16.3. The second kappa shape index (κ2) is 6.21. The van der Waals surface area contributed by atoms with Crippen molar-refractivity contribution in [3.63, 3.8) is 0 Å². The van der Waals surface area contributed by atoms with Crippen LogP contribution in [0.1, 0.15) is 27.9 Å². The molecule has 0 saturated carbocycles. The zero-order chi connectivity index (χ0) is 16.5. The summed E-state index contributed by atoms with van der Waals surface area (Å²) in [5.74, 6) is 1.41. The molecule has 0 bridgehead atoms. The minimum Gasteiger partial charge on any atom is -0.461 e. The zero-order valence-corrected chi connectivity index (χ0v) is 14.1. The van der Waals surface area contributed by atoms with Gasteiger partial charge in [0.15, 0.2) is 11.6 Å². The van der Waals surface area contributed by atoms with Crippen LogP contribution in [0.4, 0.5) is 0 Å². The highest BCUT2D eigenvalue weighted by Gasteiger charge is 2.19. The molecule has 0 spiro atoms. The van der Waals surface area contributed by atoms with E-state index in [4.69, 9.17) is 9.40 Å². The lowest BCUT2D eigenvalue weighted by atomic mass is 10.0. The molecule has 0 amide bonds. The molecule has 122 valence electrons. The van der Waals surface area contributed by atoms with Crippen LogP contribution in [0.5, 0.6) is 0 Å². The molecule has 0 atom stereocenters. The van der Waals surface area contributed by atoms with E-state index < -0.39 is 0 Å². The third-order valence-corrected chi connectivity index (χ3v) is 4.65. The van der Waals surface area contributed by atoms with Crippen LogP contribution in [0.15, 0.2) is 47.2 Å². The molecule has 3 heterocycles. The number of hydrogen-bond acceptors (Lipinski definition) is 4. The Bertz CT molecular complexity index is 855. The maximum atomic E-state index is 5.40. The number of rotatable bonds is 3. The Labute approximate surface area is 142 Å². The Kier molecular flexibility index (Phi) is 3.90. The first kappa shape index (κ1) is 15.1. The van der Waals surface area contributed by atoms with E-state index in [1.54, 1.807) is 6.26 Å². The van der Waals surface area contributed by atoms with E-state index in [9.17, 15) is 0 Å². The standard InChI is InChI=1S/C20H21N3O/c1-14-5-6-16(15(2)10-14)12-23-8-7-18-17(13-23)11-21-20(22-18)19-4-3-9-24-19/h3-6,9-11H,7-8,12-13H2,1-2H3. The van der Waals surface area contributed by atoms with Crippen LogP contribution in [0.3, 0.4) is 0 Å². The van der Waals surface area contributed by atoms with Gasteiger partial charge in [0.1, 0.15) is 0 Å². The third-order valence-electron chi connectivity index (χ3n) is 4.65. The van der Waals surface area contributed by atoms with Gasteiger partial charge in [-0.2, -0.15) is 0 Å². The van der Waals surface area contributed by atoms with E-state index in [0.717, 1.165) is 37.5 Å². The number of fused-ring (bicyclic) bond motifs is 1. The third kappa shape index (κ3) is 2.97. The molecule has 2 aromatic heterocycles. The molecular weight excluding hydrogens is 298 g/mol. The maximum Gasteiger partial charge on any atom is 0.195 e. The second-order valence-electron chi connectivity index (χ2n) is 6.53. The summed E-state index contributed by atoms with van der Waals surface area (Å²) in [6.45, 7) is 7.24. The SMILES string of the molecule is Cc1ccc(CN2CCc3nc(-c4ccco4)ncc3C2)c(C)c1. The van der Waals surface area contributed by atoms with Gasteiger partial charge < -0.3 is 4.42 Å². The number of aromatic nitrogens is 2. The number of aryl methyl sites for hydroxylation is 2. The lowest BCUT2D eigenvalue weighted by Gasteiger charge is -2.28.